The largest absolute Gasteiger partial charge is 0.497 e. The topological polar surface area (TPSA) is 205 Å². The molecule has 0 radical (unpaired) electrons. The highest BCUT2D eigenvalue weighted by molar-refractivity contribution is 7.89. The molecule has 4 fully saturated rings. The molecule has 444 valence electrons. The maximum absolute atomic E-state index is 14.2. The van der Waals surface area contributed by atoms with Crippen molar-refractivity contribution in [3.63, 3.8) is 0 Å². The summed E-state index contributed by atoms with van der Waals surface area (Å²) in [6, 6.07) is 21.4. The van der Waals surface area contributed by atoms with Gasteiger partial charge in [0.25, 0.3) is 0 Å². The number of hydrogen-bond acceptors (Lipinski definition) is 13. The van der Waals surface area contributed by atoms with Crippen molar-refractivity contribution in [2.75, 3.05) is 89.5 Å². The second-order valence-electron chi connectivity index (χ2n) is 23.4. The van der Waals surface area contributed by atoms with Gasteiger partial charge in [0.15, 0.2) is 0 Å². The summed E-state index contributed by atoms with van der Waals surface area (Å²) in [5.41, 5.74) is 7.38. The number of rotatable bonds is 12. The Bertz CT molecular complexity index is 3440. The zero-order valence-electron chi connectivity index (χ0n) is 48.7. The molecule has 4 aromatic heterocycles. The maximum atomic E-state index is 14.2. The van der Waals surface area contributed by atoms with Crippen LogP contribution in [0.3, 0.4) is 0 Å². The van der Waals surface area contributed by atoms with E-state index in [2.05, 4.69) is 53.9 Å². The molecule has 0 saturated carbocycles. The summed E-state index contributed by atoms with van der Waals surface area (Å²) in [5, 5.41) is 12.8. The number of carbonyl (C=O) groups excluding carboxylic acids is 1. The summed E-state index contributed by atoms with van der Waals surface area (Å²) in [4.78, 5) is 40.8. The number of nitrogens with zero attached hydrogens (tertiary/aromatic N) is 9. The van der Waals surface area contributed by atoms with Crippen molar-refractivity contribution in [1.29, 1.82) is 0 Å². The van der Waals surface area contributed by atoms with Gasteiger partial charge < -0.3 is 43.7 Å². The molecule has 0 aliphatic carbocycles. The van der Waals surface area contributed by atoms with E-state index in [1.807, 2.05) is 64.8 Å². The van der Waals surface area contributed by atoms with Crippen LogP contribution in [-0.2, 0) is 42.7 Å². The molecule has 2 aromatic carbocycles. The number of pyridine rings is 2. The van der Waals surface area contributed by atoms with E-state index in [1.165, 1.54) is 68.2 Å². The minimum absolute atomic E-state index is 0.0202. The van der Waals surface area contributed by atoms with Crippen LogP contribution in [0.2, 0.25) is 0 Å². The van der Waals surface area contributed by atoms with Gasteiger partial charge in [0, 0.05) is 132 Å². The molecule has 1 amide bonds. The molecule has 2 unspecified atom stereocenters. The number of benzene rings is 2. The standard InChI is InChI=1S/C31H39N5O4S.C18H22N2O5S.C13H19N3/c1-23-19-26(40-3)20-24(2)30(23)41(38,39)36-18-17-33-13-4-5-27(33)28(36)21-29(37)34-14-8-31(9-15-34)10-16-35(22-31)25-6-11-32-12-7-25;1-12-9-14(25-3)10-13(2)18(12)26(23,24)20-8-7-19-6-4-5-15(19)16(20)11-17(21)22;1-6-14-7-2-12(1)16-10-5-13(11-16)3-8-15-9-4-13/h4-7,11-13,19-20,28H,8-10,14-18,21-22H2,1-3H3;4-6,9-10,16H,7-8,11H2,1-3H3,(H,21,22);1-2,6-7,15H,3-5,8-11H2. The molecule has 6 aliphatic rings. The van der Waals surface area contributed by atoms with Crippen molar-refractivity contribution in [3.8, 4) is 11.5 Å². The van der Waals surface area contributed by atoms with Crippen LogP contribution < -0.4 is 24.6 Å². The van der Waals surface area contributed by atoms with E-state index in [0.717, 1.165) is 38.0 Å². The summed E-state index contributed by atoms with van der Waals surface area (Å²) in [6.45, 7) is 16.9. The molecule has 6 aliphatic heterocycles. The van der Waals surface area contributed by atoms with E-state index in [-0.39, 0.29) is 35.6 Å². The first-order valence-electron chi connectivity index (χ1n) is 29.0. The number of piperidine rings is 2. The van der Waals surface area contributed by atoms with Crippen LogP contribution >= 0.6 is 0 Å². The summed E-state index contributed by atoms with van der Waals surface area (Å²) in [5.74, 6) is 0.209. The van der Waals surface area contributed by atoms with Gasteiger partial charge in [0.2, 0.25) is 26.0 Å². The molecule has 2 spiro atoms. The normalized spacial score (nSPS) is 20.4. The molecule has 6 aromatic rings. The number of sulfonamides is 2. The van der Waals surface area contributed by atoms with E-state index in [4.69, 9.17) is 9.47 Å². The highest BCUT2D eigenvalue weighted by Gasteiger charge is 2.45. The lowest BCUT2D eigenvalue weighted by molar-refractivity contribution is -0.138. The number of ether oxygens (including phenoxy) is 2. The first-order valence-corrected chi connectivity index (χ1v) is 31.9. The van der Waals surface area contributed by atoms with E-state index in [9.17, 15) is 31.5 Å². The molecular formula is C62H80N10O9S2. The van der Waals surface area contributed by atoms with Crippen LogP contribution in [0.5, 0.6) is 11.5 Å². The predicted molar refractivity (Wildman–Crippen MR) is 319 cm³/mol. The fourth-order valence-electron chi connectivity index (χ4n) is 13.9. The second-order valence-corrected chi connectivity index (χ2v) is 27.0. The zero-order chi connectivity index (χ0) is 58.7. The number of aryl methyl sites for hydroxylation is 4. The van der Waals surface area contributed by atoms with Crippen LogP contribution in [0.15, 0.2) is 120 Å². The highest BCUT2D eigenvalue weighted by atomic mass is 32.2. The third-order valence-corrected chi connectivity index (χ3v) is 22.6. The van der Waals surface area contributed by atoms with Gasteiger partial charge in [-0.1, -0.05) is 0 Å². The Morgan fingerprint density at radius 2 is 0.964 bits per heavy atom. The summed E-state index contributed by atoms with van der Waals surface area (Å²) < 4.78 is 72.7. The zero-order valence-corrected chi connectivity index (χ0v) is 50.4. The fourth-order valence-corrected chi connectivity index (χ4v) is 17.9. The van der Waals surface area contributed by atoms with Crippen LogP contribution in [-0.4, -0.2) is 146 Å². The number of nitrogens with one attached hydrogen (secondary N) is 1. The molecule has 19 nitrogen and oxygen atoms in total. The average molecular weight is 1170 g/mol. The monoisotopic (exact) mass is 1170 g/mol. The number of methoxy groups -OCH3 is 2. The summed E-state index contributed by atoms with van der Waals surface area (Å²) >= 11 is 0. The van der Waals surface area contributed by atoms with Crippen molar-refractivity contribution in [2.24, 2.45) is 10.8 Å². The molecule has 12 rings (SSSR count). The molecule has 2 atom stereocenters. The fraction of sp³-hybridized carbons (Fsp3) is 0.484. The van der Waals surface area contributed by atoms with Crippen LogP contribution in [0.1, 0.15) is 97.1 Å². The molecular weight excluding hydrogens is 1090 g/mol. The average Bonchev–Trinajstić information content (AvgIpc) is 4.19. The lowest BCUT2D eigenvalue weighted by Crippen LogP contribution is -2.47. The second kappa shape index (κ2) is 24.8. The van der Waals surface area contributed by atoms with Crippen LogP contribution in [0.4, 0.5) is 11.4 Å². The number of carbonyl (C=O) groups is 2. The third-order valence-electron chi connectivity index (χ3n) is 18.2. The lowest BCUT2D eigenvalue weighted by atomic mass is 9.77. The molecule has 21 heteroatoms. The third kappa shape index (κ3) is 12.6. The Morgan fingerprint density at radius 1 is 0.566 bits per heavy atom. The number of aliphatic carboxylic acids is 1. The van der Waals surface area contributed by atoms with E-state index >= 15 is 0 Å². The van der Waals surface area contributed by atoms with E-state index in [1.54, 1.807) is 69.4 Å². The number of carboxylic acid groups (broad SMARTS) is 1. The number of hydrogen-bond donors (Lipinski definition) is 2. The summed E-state index contributed by atoms with van der Waals surface area (Å²) in [6.07, 6.45) is 18.2. The van der Waals surface area contributed by atoms with Crippen molar-refractivity contribution in [3.05, 3.63) is 144 Å². The number of likely N-dealkylation sites (tertiary alicyclic amines) is 1. The van der Waals surface area contributed by atoms with Crippen molar-refractivity contribution < 1.29 is 41.0 Å². The van der Waals surface area contributed by atoms with Gasteiger partial charge in [-0.25, -0.2) is 16.8 Å². The Hall–Kier alpha value is -6.78. The molecule has 10 heterocycles. The number of anilines is 2. The maximum Gasteiger partial charge on any atom is 0.305 e. The molecule has 0 bridgehead atoms. The minimum atomic E-state index is -3.86. The Labute approximate surface area is 489 Å². The minimum Gasteiger partial charge on any atom is -0.497 e. The molecule has 83 heavy (non-hydrogen) atoms. The summed E-state index contributed by atoms with van der Waals surface area (Å²) in [7, 11) is -4.61. The smallest absolute Gasteiger partial charge is 0.305 e. The quantitative estimate of drug-likeness (QED) is 0.119. The first kappa shape index (κ1) is 59.4. The van der Waals surface area contributed by atoms with Crippen molar-refractivity contribution >= 4 is 43.3 Å². The predicted octanol–water partition coefficient (Wildman–Crippen LogP) is 8.16. The van der Waals surface area contributed by atoms with Gasteiger partial charge in [-0.2, -0.15) is 8.61 Å². The van der Waals surface area contributed by atoms with Crippen molar-refractivity contribution in [1.82, 2.24) is 37.9 Å². The number of aromatic nitrogens is 4. The Balaban J connectivity index is 0.000000155. The number of fused-ring (bicyclic) bond motifs is 2. The van der Waals surface area contributed by atoms with E-state index in [0.29, 0.717) is 82.5 Å². The van der Waals surface area contributed by atoms with Crippen LogP contribution in [0, 0.1) is 38.5 Å². The van der Waals surface area contributed by atoms with Crippen LogP contribution in [0.25, 0.3) is 0 Å². The van der Waals surface area contributed by atoms with Gasteiger partial charge in [0.05, 0.1) is 42.5 Å². The van der Waals surface area contributed by atoms with Gasteiger partial charge in [-0.3, -0.25) is 19.6 Å². The van der Waals surface area contributed by atoms with Gasteiger partial charge >= 0.3 is 5.97 Å². The van der Waals surface area contributed by atoms with Crippen molar-refractivity contribution in [2.45, 2.75) is 114 Å². The SMILES string of the molecule is COc1cc(C)c(S(=O)(=O)N2CCn3cccc3C2CC(=O)N2CCC3(CC2)CCN(c2ccncc2)C3)c(C)c1.COc1cc(C)c(S(=O)(=O)N2CCn3cccc3C2CC(=O)O)c(C)c1.c1cc(N2CCC3(CCNCC3)C2)ccn1. The lowest BCUT2D eigenvalue weighted by Gasteiger charge is -2.41. The van der Waals surface area contributed by atoms with Gasteiger partial charge in [0.1, 0.15) is 11.5 Å². The molecule has 4 saturated heterocycles. The number of amides is 1. The van der Waals surface area contributed by atoms with Gasteiger partial charge in [-0.05, 0) is 185 Å². The van der Waals surface area contributed by atoms with Gasteiger partial charge in [-0.15, -0.1) is 0 Å². The molecule has 2 N–H and O–H groups in total. The number of carboxylic acids is 1. The highest BCUT2D eigenvalue weighted by Crippen LogP contribution is 2.44. The first-order chi connectivity index (χ1) is 39.8. The van der Waals surface area contributed by atoms with E-state index < -0.39 is 38.1 Å². The Morgan fingerprint density at radius 3 is 1.37 bits per heavy atom. The Kier molecular flexibility index (Phi) is 17.8.